The van der Waals surface area contributed by atoms with Gasteiger partial charge in [0.15, 0.2) is 0 Å². The number of halogens is 1. The van der Waals surface area contributed by atoms with Crippen molar-refractivity contribution in [3.63, 3.8) is 0 Å². The van der Waals surface area contributed by atoms with Crippen LogP contribution in [0.1, 0.15) is 41.2 Å². The minimum Gasteiger partial charge on any atom is -0.465 e. The summed E-state index contributed by atoms with van der Waals surface area (Å²) in [6.07, 6.45) is 3.68. The number of rotatable bonds is 4. The minimum atomic E-state index is -0.303. The van der Waals surface area contributed by atoms with Crippen molar-refractivity contribution in [2.45, 2.75) is 25.3 Å². The average Bonchev–Trinajstić information content (AvgIpc) is 3.12. The molecule has 0 aromatic heterocycles. The second-order valence-electron chi connectivity index (χ2n) is 4.40. The Morgan fingerprint density at radius 1 is 1.41 bits per heavy atom. The summed E-state index contributed by atoms with van der Waals surface area (Å²) < 4.78 is 4.64. The van der Waals surface area contributed by atoms with E-state index in [-0.39, 0.29) is 24.4 Å². The second-order valence-corrected chi connectivity index (χ2v) is 4.40. The van der Waals surface area contributed by atoms with E-state index in [9.17, 15) is 4.79 Å². The Morgan fingerprint density at radius 3 is 2.47 bits per heavy atom. The summed E-state index contributed by atoms with van der Waals surface area (Å²) >= 11 is 0. The van der Waals surface area contributed by atoms with Crippen LogP contribution in [0.5, 0.6) is 0 Å². The molecule has 94 valence electrons. The number of hydrogen-bond donors (Lipinski definition) is 1. The lowest BCUT2D eigenvalue weighted by atomic mass is 10.0. The molecule has 0 saturated heterocycles. The summed E-state index contributed by atoms with van der Waals surface area (Å²) in [7, 11) is 1.38. The molecule has 0 radical (unpaired) electrons. The van der Waals surface area contributed by atoms with Gasteiger partial charge in [-0.3, -0.25) is 0 Å². The van der Waals surface area contributed by atoms with Gasteiger partial charge in [0, 0.05) is 6.04 Å². The van der Waals surface area contributed by atoms with Crippen molar-refractivity contribution >= 4 is 18.4 Å². The van der Waals surface area contributed by atoms with Crippen LogP contribution in [0.25, 0.3) is 0 Å². The zero-order valence-corrected chi connectivity index (χ0v) is 10.7. The average molecular weight is 256 g/mol. The summed E-state index contributed by atoms with van der Waals surface area (Å²) in [5, 5.41) is 0. The molecule has 1 aromatic carbocycles. The Bertz CT molecular complexity index is 374. The lowest BCUT2D eigenvalue weighted by Crippen LogP contribution is -2.11. The molecule has 0 spiro atoms. The Morgan fingerprint density at radius 2 is 2.00 bits per heavy atom. The summed E-state index contributed by atoms with van der Waals surface area (Å²) in [4.78, 5) is 11.2. The van der Waals surface area contributed by atoms with E-state index < -0.39 is 0 Å². The van der Waals surface area contributed by atoms with Crippen LogP contribution in [0.2, 0.25) is 0 Å². The molecule has 1 atom stereocenters. The third-order valence-electron chi connectivity index (χ3n) is 3.04. The van der Waals surface area contributed by atoms with Crippen molar-refractivity contribution in [1.82, 2.24) is 0 Å². The number of esters is 1. The van der Waals surface area contributed by atoms with Crippen LogP contribution in [0, 0.1) is 5.92 Å². The molecule has 4 heteroatoms. The molecule has 1 aliphatic rings. The Balaban J connectivity index is 0.00000144. The van der Waals surface area contributed by atoms with E-state index in [0.717, 1.165) is 17.9 Å². The smallest absolute Gasteiger partial charge is 0.337 e. The summed E-state index contributed by atoms with van der Waals surface area (Å²) in [6.45, 7) is 0. The van der Waals surface area contributed by atoms with E-state index in [1.165, 1.54) is 20.0 Å². The molecule has 3 nitrogen and oxygen atoms in total. The van der Waals surface area contributed by atoms with Gasteiger partial charge < -0.3 is 10.5 Å². The van der Waals surface area contributed by atoms with Crippen LogP contribution in [0.3, 0.4) is 0 Å². The topological polar surface area (TPSA) is 52.3 Å². The van der Waals surface area contributed by atoms with Crippen molar-refractivity contribution in [2.75, 3.05) is 7.11 Å². The van der Waals surface area contributed by atoms with E-state index in [4.69, 9.17) is 5.73 Å². The SMILES string of the molecule is COC(=O)c1ccc([C@H](N)CC2CC2)cc1.Cl. The molecule has 1 aliphatic carbocycles. The fraction of sp³-hybridized carbons (Fsp3) is 0.462. The van der Waals surface area contributed by atoms with Crippen LogP contribution in [0.4, 0.5) is 0 Å². The lowest BCUT2D eigenvalue weighted by molar-refractivity contribution is 0.0600. The highest BCUT2D eigenvalue weighted by atomic mass is 35.5. The first-order valence-corrected chi connectivity index (χ1v) is 5.64. The first-order chi connectivity index (χ1) is 7.70. The van der Waals surface area contributed by atoms with Gasteiger partial charge in [0.1, 0.15) is 0 Å². The Hall–Kier alpha value is -1.06. The largest absolute Gasteiger partial charge is 0.465 e. The van der Waals surface area contributed by atoms with Crippen molar-refractivity contribution < 1.29 is 9.53 Å². The molecule has 1 saturated carbocycles. The number of nitrogens with two attached hydrogens (primary N) is 1. The van der Waals surface area contributed by atoms with Gasteiger partial charge in [-0.2, -0.15) is 0 Å². The van der Waals surface area contributed by atoms with Crippen molar-refractivity contribution in [1.29, 1.82) is 0 Å². The van der Waals surface area contributed by atoms with Crippen LogP contribution in [-0.2, 0) is 4.74 Å². The molecule has 0 unspecified atom stereocenters. The lowest BCUT2D eigenvalue weighted by Gasteiger charge is -2.11. The molecule has 2 rings (SSSR count). The van der Waals surface area contributed by atoms with Crippen LogP contribution in [0.15, 0.2) is 24.3 Å². The van der Waals surface area contributed by atoms with Gasteiger partial charge in [0.2, 0.25) is 0 Å². The highest BCUT2D eigenvalue weighted by molar-refractivity contribution is 5.89. The molecule has 0 aliphatic heterocycles. The fourth-order valence-electron chi connectivity index (χ4n) is 1.83. The van der Waals surface area contributed by atoms with Crippen LogP contribution >= 0.6 is 12.4 Å². The number of hydrogen-bond acceptors (Lipinski definition) is 3. The van der Waals surface area contributed by atoms with Crippen LogP contribution < -0.4 is 5.73 Å². The Labute approximate surface area is 108 Å². The molecule has 1 aromatic rings. The van der Waals surface area contributed by atoms with E-state index in [2.05, 4.69) is 4.74 Å². The quantitative estimate of drug-likeness (QED) is 0.842. The van der Waals surface area contributed by atoms with Gasteiger partial charge in [-0.15, -0.1) is 12.4 Å². The monoisotopic (exact) mass is 255 g/mol. The van der Waals surface area contributed by atoms with Gasteiger partial charge in [0.25, 0.3) is 0 Å². The first-order valence-electron chi connectivity index (χ1n) is 5.64. The molecular formula is C13H18ClNO2. The Kier molecular flexibility index (Phi) is 4.97. The van der Waals surface area contributed by atoms with Crippen molar-refractivity contribution in [2.24, 2.45) is 11.7 Å². The molecule has 0 bridgehead atoms. The van der Waals surface area contributed by atoms with Gasteiger partial charge in [-0.25, -0.2) is 4.79 Å². The molecular weight excluding hydrogens is 238 g/mol. The fourth-order valence-corrected chi connectivity index (χ4v) is 1.83. The van der Waals surface area contributed by atoms with Gasteiger partial charge in [-0.1, -0.05) is 25.0 Å². The molecule has 0 heterocycles. The summed E-state index contributed by atoms with van der Waals surface area (Å²) in [5.41, 5.74) is 7.75. The zero-order valence-electron chi connectivity index (χ0n) is 9.89. The highest BCUT2D eigenvalue weighted by Gasteiger charge is 2.24. The number of benzene rings is 1. The molecule has 1 fully saturated rings. The van der Waals surface area contributed by atoms with Gasteiger partial charge in [-0.05, 0) is 30.0 Å². The number of carbonyl (C=O) groups excluding carboxylic acids is 1. The van der Waals surface area contributed by atoms with Gasteiger partial charge >= 0.3 is 5.97 Å². The van der Waals surface area contributed by atoms with E-state index in [1.54, 1.807) is 12.1 Å². The van der Waals surface area contributed by atoms with Gasteiger partial charge in [0.05, 0.1) is 12.7 Å². The molecule has 17 heavy (non-hydrogen) atoms. The number of methoxy groups -OCH3 is 1. The predicted octanol–water partition coefficient (Wildman–Crippen LogP) is 2.69. The standard InChI is InChI=1S/C13H17NO2.ClH/c1-16-13(15)11-6-4-10(5-7-11)12(14)8-9-2-3-9;/h4-7,9,12H,2-3,8,14H2,1H3;1H/t12-;/m1./s1. The highest BCUT2D eigenvalue weighted by Crippen LogP contribution is 2.36. The zero-order chi connectivity index (χ0) is 11.5. The van der Waals surface area contributed by atoms with Crippen molar-refractivity contribution in [3.05, 3.63) is 35.4 Å². The summed E-state index contributed by atoms with van der Waals surface area (Å²) in [6, 6.07) is 7.47. The third kappa shape index (κ3) is 3.72. The maximum atomic E-state index is 11.2. The minimum absolute atomic E-state index is 0. The molecule has 0 amide bonds. The third-order valence-corrected chi connectivity index (χ3v) is 3.04. The molecule has 2 N–H and O–H groups in total. The van der Waals surface area contributed by atoms with Crippen molar-refractivity contribution in [3.8, 4) is 0 Å². The number of ether oxygens (including phenoxy) is 1. The maximum Gasteiger partial charge on any atom is 0.337 e. The van der Waals surface area contributed by atoms with E-state index >= 15 is 0 Å². The summed E-state index contributed by atoms with van der Waals surface area (Å²) in [5.74, 6) is 0.512. The first kappa shape index (κ1) is 14.0. The number of carbonyl (C=O) groups is 1. The maximum absolute atomic E-state index is 11.2. The van der Waals surface area contributed by atoms with E-state index in [0.29, 0.717) is 5.56 Å². The van der Waals surface area contributed by atoms with E-state index in [1.807, 2.05) is 12.1 Å². The predicted molar refractivity (Wildman–Crippen MR) is 69.3 cm³/mol. The second kappa shape index (κ2) is 6.03. The normalized spacial score (nSPS) is 15.9. The van der Waals surface area contributed by atoms with Crippen LogP contribution in [-0.4, -0.2) is 13.1 Å².